The van der Waals surface area contributed by atoms with E-state index in [-0.39, 0.29) is 17.9 Å². The Morgan fingerprint density at radius 1 is 1.54 bits per heavy atom. The molecule has 0 aliphatic heterocycles. The third kappa shape index (κ3) is 5.60. The number of hydrogen-bond donors (Lipinski definition) is 3. The van der Waals surface area contributed by atoms with E-state index < -0.39 is 5.97 Å². The average Bonchev–Trinajstić information content (AvgIpc) is 2.04. The van der Waals surface area contributed by atoms with Crippen LogP contribution in [0.2, 0.25) is 0 Å². The van der Waals surface area contributed by atoms with Crippen LogP contribution in [0.25, 0.3) is 0 Å². The molecule has 4 nitrogen and oxygen atoms in total. The maximum Gasteiger partial charge on any atom is 0.307 e. The molecule has 1 unspecified atom stereocenters. The minimum Gasteiger partial charge on any atom is -0.481 e. The third-order valence-electron chi connectivity index (χ3n) is 1.90. The molecule has 0 aromatic carbocycles. The molecule has 0 aliphatic carbocycles. The van der Waals surface area contributed by atoms with E-state index in [1.807, 2.05) is 13.8 Å². The van der Waals surface area contributed by atoms with Gasteiger partial charge in [0.25, 0.3) is 0 Å². The van der Waals surface area contributed by atoms with Crippen molar-refractivity contribution in [2.24, 2.45) is 11.3 Å². The molecule has 0 saturated heterocycles. The summed E-state index contributed by atoms with van der Waals surface area (Å²) in [6.07, 6.45) is 0. The smallest absolute Gasteiger partial charge is 0.307 e. The molecular formula is C9H19NO3. The zero-order valence-corrected chi connectivity index (χ0v) is 8.50. The van der Waals surface area contributed by atoms with E-state index in [0.717, 1.165) is 0 Å². The van der Waals surface area contributed by atoms with E-state index in [1.165, 1.54) is 0 Å². The molecule has 1 atom stereocenters. The predicted octanol–water partition coefficient (Wildman–Crippen LogP) is 0.315. The van der Waals surface area contributed by atoms with Crippen LogP contribution >= 0.6 is 0 Å². The zero-order valence-electron chi connectivity index (χ0n) is 8.50. The molecular weight excluding hydrogens is 170 g/mol. The summed E-state index contributed by atoms with van der Waals surface area (Å²) < 4.78 is 0. The van der Waals surface area contributed by atoms with Crippen molar-refractivity contribution in [1.82, 2.24) is 5.32 Å². The molecule has 0 heterocycles. The lowest BCUT2D eigenvalue weighted by Gasteiger charge is -2.22. The number of rotatable bonds is 6. The number of hydrogen-bond acceptors (Lipinski definition) is 3. The van der Waals surface area contributed by atoms with Gasteiger partial charge in [-0.3, -0.25) is 4.79 Å². The lowest BCUT2D eigenvalue weighted by molar-refractivity contribution is -0.140. The van der Waals surface area contributed by atoms with Gasteiger partial charge in [-0.15, -0.1) is 0 Å². The number of aliphatic hydroxyl groups excluding tert-OH is 1. The van der Waals surface area contributed by atoms with E-state index >= 15 is 0 Å². The van der Waals surface area contributed by atoms with E-state index in [0.29, 0.717) is 13.1 Å². The summed E-state index contributed by atoms with van der Waals surface area (Å²) in [7, 11) is 0. The maximum atomic E-state index is 10.4. The van der Waals surface area contributed by atoms with Crippen molar-refractivity contribution in [3.8, 4) is 0 Å². The Kier molecular flexibility index (Phi) is 4.95. The van der Waals surface area contributed by atoms with Crippen LogP contribution < -0.4 is 5.32 Å². The Labute approximate surface area is 79.0 Å². The molecule has 0 spiro atoms. The second-order valence-corrected chi connectivity index (χ2v) is 4.19. The van der Waals surface area contributed by atoms with Crippen LogP contribution in [0.1, 0.15) is 20.8 Å². The number of nitrogens with one attached hydrogen (secondary N) is 1. The van der Waals surface area contributed by atoms with Gasteiger partial charge in [-0.1, -0.05) is 20.8 Å². The molecule has 13 heavy (non-hydrogen) atoms. The summed E-state index contributed by atoms with van der Waals surface area (Å²) in [5.41, 5.74) is -0.182. The molecule has 0 fully saturated rings. The van der Waals surface area contributed by atoms with E-state index in [9.17, 15) is 4.79 Å². The van der Waals surface area contributed by atoms with Crippen molar-refractivity contribution in [3.63, 3.8) is 0 Å². The summed E-state index contributed by atoms with van der Waals surface area (Å²) in [5, 5.41) is 20.5. The maximum absolute atomic E-state index is 10.4. The molecule has 0 aromatic heterocycles. The highest BCUT2D eigenvalue weighted by Crippen LogP contribution is 2.11. The Morgan fingerprint density at radius 2 is 2.08 bits per heavy atom. The minimum atomic E-state index is -0.797. The van der Waals surface area contributed by atoms with Gasteiger partial charge in [-0.05, 0) is 0 Å². The van der Waals surface area contributed by atoms with Crippen molar-refractivity contribution >= 4 is 5.97 Å². The summed E-state index contributed by atoms with van der Waals surface area (Å²) in [6, 6.07) is 0. The quantitative estimate of drug-likeness (QED) is 0.562. The highest BCUT2D eigenvalue weighted by molar-refractivity contribution is 5.69. The molecule has 0 aliphatic rings. The highest BCUT2D eigenvalue weighted by atomic mass is 16.4. The molecule has 78 valence electrons. The van der Waals surface area contributed by atoms with Crippen LogP contribution in [0.4, 0.5) is 0 Å². The monoisotopic (exact) mass is 189 g/mol. The van der Waals surface area contributed by atoms with Crippen molar-refractivity contribution in [2.75, 3.05) is 19.7 Å². The number of carboxylic acid groups (broad SMARTS) is 1. The van der Waals surface area contributed by atoms with Crippen LogP contribution in [0.15, 0.2) is 0 Å². The minimum absolute atomic E-state index is 0.0987. The van der Waals surface area contributed by atoms with Gasteiger partial charge in [0.05, 0.1) is 5.92 Å². The van der Waals surface area contributed by atoms with E-state index in [4.69, 9.17) is 10.2 Å². The number of aliphatic hydroxyl groups is 1. The van der Waals surface area contributed by atoms with Gasteiger partial charge in [0.15, 0.2) is 0 Å². The first kappa shape index (κ1) is 12.4. The van der Waals surface area contributed by atoms with Gasteiger partial charge < -0.3 is 15.5 Å². The molecule has 0 aromatic rings. The SMILES string of the molecule is CC(CNCC(C)(C)CO)C(=O)O. The third-order valence-corrected chi connectivity index (χ3v) is 1.90. The predicted molar refractivity (Wildman–Crippen MR) is 50.5 cm³/mol. The molecule has 3 N–H and O–H groups in total. The van der Waals surface area contributed by atoms with Gasteiger partial charge >= 0.3 is 5.97 Å². The summed E-state index contributed by atoms with van der Waals surface area (Å²) >= 11 is 0. The Balaban J connectivity index is 3.62. The first-order chi connectivity index (χ1) is 5.89. The average molecular weight is 189 g/mol. The van der Waals surface area contributed by atoms with Gasteiger partial charge in [-0.2, -0.15) is 0 Å². The topological polar surface area (TPSA) is 69.6 Å². The highest BCUT2D eigenvalue weighted by Gasteiger charge is 2.17. The first-order valence-electron chi connectivity index (χ1n) is 4.43. The summed E-state index contributed by atoms with van der Waals surface area (Å²) in [6.45, 7) is 6.67. The molecule has 0 bridgehead atoms. The first-order valence-corrected chi connectivity index (χ1v) is 4.43. The van der Waals surface area contributed by atoms with Gasteiger partial charge in [0.1, 0.15) is 0 Å². The lowest BCUT2D eigenvalue weighted by Crippen LogP contribution is -2.36. The van der Waals surface area contributed by atoms with Crippen molar-refractivity contribution in [1.29, 1.82) is 0 Å². The largest absolute Gasteiger partial charge is 0.481 e. The van der Waals surface area contributed by atoms with Gasteiger partial charge in [-0.25, -0.2) is 0 Å². The van der Waals surface area contributed by atoms with Crippen molar-refractivity contribution < 1.29 is 15.0 Å². The zero-order chi connectivity index (χ0) is 10.5. The van der Waals surface area contributed by atoms with Gasteiger partial charge in [0, 0.05) is 25.1 Å². The second-order valence-electron chi connectivity index (χ2n) is 4.19. The van der Waals surface area contributed by atoms with Crippen LogP contribution in [0, 0.1) is 11.3 Å². The summed E-state index contributed by atoms with van der Waals surface area (Å²) in [5.74, 6) is -1.18. The number of carboxylic acids is 1. The molecule has 0 radical (unpaired) electrons. The normalized spacial score (nSPS) is 14.2. The molecule has 0 amide bonds. The van der Waals surface area contributed by atoms with Crippen molar-refractivity contribution in [3.05, 3.63) is 0 Å². The lowest BCUT2D eigenvalue weighted by atomic mass is 9.95. The van der Waals surface area contributed by atoms with Crippen LogP contribution in [0.3, 0.4) is 0 Å². The Bertz CT molecular complexity index is 168. The standard InChI is InChI=1S/C9H19NO3/c1-7(8(12)13)4-10-5-9(2,3)6-11/h7,10-11H,4-6H2,1-3H3,(H,12,13). The van der Waals surface area contributed by atoms with Crippen molar-refractivity contribution in [2.45, 2.75) is 20.8 Å². The number of aliphatic carboxylic acids is 1. The molecule has 0 saturated carbocycles. The van der Waals surface area contributed by atoms with Crippen LogP contribution in [-0.4, -0.2) is 35.9 Å². The Hall–Kier alpha value is -0.610. The fourth-order valence-electron chi connectivity index (χ4n) is 0.770. The Morgan fingerprint density at radius 3 is 2.46 bits per heavy atom. The fourth-order valence-corrected chi connectivity index (χ4v) is 0.770. The summed E-state index contributed by atoms with van der Waals surface area (Å²) in [4.78, 5) is 10.4. The van der Waals surface area contributed by atoms with Crippen LogP contribution in [-0.2, 0) is 4.79 Å². The van der Waals surface area contributed by atoms with Gasteiger partial charge in [0.2, 0.25) is 0 Å². The number of carbonyl (C=O) groups is 1. The van der Waals surface area contributed by atoms with E-state index in [1.54, 1.807) is 6.92 Å². The van der Waals surface area contributed by atoms with E-state index in [2.05, 4.69) is 5.32 Å². The van der Waals surface area contributed by atoms with Crippen LogP contribution in [0.5, 0.6) is 0 Å². The molecule has 4 heteroatoms. The molecule has 0 rings (SSSR count). The second kappa shape index (κ2) is 5.19. The fraction of sp³-hybridized carbons (Fsp3) is 0.889.